The van der Waals surface area contributed by atoms with Crippen molar-refractivity contribution in [3.8, 4) is 0 Å². The van der Waals surface area contributed by atoms with Gasteiger partial charge in [-0.15, -0.1) is 0 Å². The molecule has 1 N–H and O–H groups in total. The first kappa shape index (κ1) is 18.6. The number of para-hydroxylation sites is 2. The summed E-state index contributed by atoms with van der Waals surface area (Å²) in [5.41, 5.74) is 4.56. The van der Waals surface area contributed by atoms with Crippen molar-refractivity contribution in [2.24, 2.45) is 0 Å². The van der Waals surface area contributed by atoms with Crippen molar-refractivity contribution in [2.75, 3.05) is 16.8 Å². The van der Waals surface area contributed by atoms with Gasteiger partial charge in [-0.2, -0.15) is 0 Å². The number of nitrogens with one attached hydrogen (secondary N) is 1. The van der Waals surface area contributed by atoms with E-state index in [4.69, 9.17) is 16.6 Å². The van der Waals surface area contributed by atoms with Gasteiger partial charge in [0.15, 0.2) is 0 Å². The predicted octanol–water partition coefficient (Wildman–Crippen LogP) is 4.75. The summed E-state index contributed by atoms with van der Waals surface area (Å²) in [5, 5.41) is 3.26. The van der Waals surface area contributed by atoms with Crippen molar-refractivity contribution in [1.29, 1.82) is 0 Å². The number of hydrogen-bond donors (Lipinski definition) is 1. The van der Waals surface area contributed by atoms with Crippen LogP contribution in [0.1, 0.15) is 22.6 Å². The molecule has 0 radical (unpaired) electrons. The first-order chi connectivity index (χ1) is 14.7. The number of carbonyl (C=O) groups is 1. The van der Waals surface area contributed by atoms with Crippen molar-refractivity contribution in [2.45, 2.75) is 19.5 Å². The molecule has 4 aromatic rings. The first-order valence-electron chi connectivity index (χ1n) is 9.89. The van der Waals surface area contributed by atoms with Crippen molar-refractivity contribution < 1.29 is 4.79 Å². The van der Waals surface area contributed by atoms with Crippen LogP contribution in [0.4, 0.5) is 11.4 Å². The Bertz CT molecular complexity index is 1200. The molecule has 0 saturated heterocycles. The monoisotopic (exact) mass is 417 g/mol. The highest BCUT2D eigenvalue weighted by Gasteiger charge is 2.18. The summed E-state index contributed by atoms with van der Waals surface area (Å²) in [4.78, 5) is 23.5. The van der Waals surface area contributed by atoms with E-state index in [1.165, 1.54) is 11.7 Å². The number of halogens is 1. The number of aryl methyl sites for hydroxylation is 1. The molecule has 6 nitrogen and oxygen atoms in total. The number of hydrogen-bond acceptors (Lipinski definition) is 4. The molecule has 0 unspecified atom stereocenters. The highest BCUT2D eigenvalue weighted by Crippen LogP contribution is 2.25. The SMILES string of the molecule is O=C(Nc1ccc(N2CCCn3c(nc4ccccc43)C2)cc1)c1ccc(Cl)nc1. The van der Waals surface area contributed by atoms with Crippen molar-refractivity contribution in [1.82, 2.24) is 14.5 Å². The minimum absolute atomic E-state index is 0.213. The molecular formula is C23H20ClN5O. The maximum absolute atomic E-state index is 12.4. The van der Waals surface area contributed by atoms with Crippen LogP contribution in [0.3, 0.4) is 0 Å². The number of benzene rings is 2. The molecule has 1 aliphatic heterocycles. The Morgan fingerprint density at radius 3 is 2.63 bits per heavy atom. The third-order valence-electron chi connectivity index (χ3n) is 5.36. The van der Waals surface area contributed by atoms with E-state index in [0.29, 0.717) is 10.7 Å². The van der Waals surface area contributed by atoms with E-state index < -0.39 is 0 Å². The zero-order chi connectivity index (χ0) is 20.5. The van der Waals surface area contributed by atoms with Gasteiger partial charge in [-0.3, -0.25) is 4.79 Å². The third kappa shape index (κ3) is 3.62. The molecule has 150 valence electrons. The van der Waals surface area contributed by atoms with Crippen LogP contribution in [-0.2, 0) is 13.1 Å². The molecule has 1 amide bonds. The summed E-state index contributed by atoms with van der Waals surface area (Å²) < 4.78 is 2.32. The van der Waals surface area contributed by atoms with E-state index >= 15 is 0 Å². The van der Waals surface area contributed by atoms with E-state index in [9.17, 15) is 4.79 Å². The van der Waals surface area contributed by atoms with Gasteiger partial charge in [0.25, 0.3) is 5.91 Å². The number of rotatable bonds is 3. The van der Waals surface area contributed by atoms with Gasteiger partial charge in [0.05, 0.1) is 23.1 Å². The van der Waals surface area contributed by atoms with Gasteiger partial charge in [0.2, 0.25) is 0 Å². The lowest BCUT2D eigenvalue weighted by molar-refractivity contribution is 0.102. The lowest BCUT2D eigenvalue weighted by atomic mass is 10.2. The molecule has 3 heterocycles. The summed E-state index contributed by atoms with van der Waals surface area (Å²) in [6, 6.07) is 19.5. The first-order valence-corrected chi connectivity index (χ1v) is 10.3. The number of anilines is 2. The number of nitrogens with zero attached hydrogens (tertiary/aromatic N) is 4. The Morgan fingerprint density at radius 1 is 1.00 bits per heavy atom. The van der Waals surface area contributed by atoms with Crippen LogP contribution in [0, 0.1) is 0 Å². The van der Waals surface area contributed by atoms with Gasteiger partial charge in [-0.25, -0.2) is 9.97 Å². The Kier molecular flexibility index (Phi) is 4.85. The summed E-state index contributed by atoms with van der Waals surface area (Å²) in [5.74, 6) is 0.872. The summed E-state index contributed by atoms with van der Waals surface area (Å²) in [7, 11) is 0. The highest BCUT2D eigenvalue weighted by molar-refractivity contribution is 6.29. The maximum Gasteiger partial charge on any atom is 0.257 e. The largest absolute Gasteiger partial charge is 0.364 e. The minimum Gasteiger partial charge on any atom is -0.364 e. The average molecular weight is 418 g/mol. The summed E-state index contributed by atoms with van der Waals surface area (Å²) >= 11 is 5.78. The molecular weight excluding hydrogens is 398 g/mol. The Hall–Kier alpha value is -3.38. The quantitative estimate of drug-likeness (QED) is 0.489. The lowest BCUT2D eigenvalue weighted by Crippen LogP contribution is -2.23. The van der Waals surface area contributed by atoms with Crippen molar-refractivity contribution in [3.05, 3.63) is 83.4 Å². The van der Waals surface area contributed by atoms with Crippen LogP contribution >= 0.6 is 11.6 Å². The smallest absolute Gasteiger partial charge is 0.257 e. The van der Waals surface area contributed by atoms with E-state index in [2.05, 4.69) is 38.0 Å². The molecule has 0 saturated carbocycles. The molecule has 2 aromatic heterocycles. The van der Waals surface area contributed by atoms with Crippen molar-refractivity contribution >= 4 is 39.9 Å². The molecule has 0 atom stereocenters. The van der Waals surface area contributed by atoms with Gasteiger partial charge in [-0.1, -0.05) is 23.7 Å². The fraction of sp³-hybridized carbons (Fsp3) is 0.174. The molecule has 0 aliphatic carbocycles. The predicted molar refractivity (Wildman–Crippen MR) is 119 cm³/mol. The van der Waals surface area contributed by atoms with Crippen LogP contribution in [0.25, 0.3) is 11.0 Å². The van der Waals surface area contributed by atoms with Crippen LogP contribution in [0.5, 0.6) is 0 Å². The van der Waals surface area contributed by atoms with Gasteiger partial charge < -0.3 is 14.8 Å². The molecule has 30 heavy (non-hydrogen) atoms. The van der Waals surface area contributed by atoms with Gasteiger partial charge >= 0.3 is 0 Å². The Balaban J connectivity index is 1.32. The number of imidazole rings is 1. The Morgan fingerprint density at radius 2 is 1.83 bits per heavy atom. The fourth-order valence-electron chi connectivity index (χ4n) is 3.85. The van der Waals surface area contributed by atoms with Gasteiger partial charge in [0, 0.05) is 30.7 Å². The zero-order valence-electron chi connectivity index (χ0n) is 16.3. The number of carbonyl (C=O) groups excluding carboxylic acids is 1. The minimum atomic E-state index is -0.213. The van der Waals surface area contributed by atoms with Crippen LogP contribution in [0.2, 0.25) is 5.15 Å². The van der Waals surface area contributed by atoms with E-state index in [1.807, 2.05) is 30.3 Å². The number of pyridine rings is 1. The highest BCUT2D eigenvalue weighted by atomic mass is 35.5. The van der Waals surface area contributed by atoms with Crippen LogP contribution < -0.4 is 10.2 Å². The molecule has 7 heteroatoms. The van der Waals surface area contributed by atoms with E-state index in [-0.39, 0.29) is 5.91 Å². The maximum atomic E-state index is 12.4. The van der Waals surface area contributed by atoms with E-state index in [1.54, 1.807) is 12.1 Å². The van der Waals surface area contributed by atoms with E-state index in [0.717, 1.165) is 48.8 Å². The second-order valence-electron chi connectivity index (χ2n) is 7.31. The molecule has 1 aliphatic rings. The normalized spacial score (nSPS) is 13.7. The number of aromatic nitrogens is 3. The number of amides is 1. The molecule has 2 aromatic carbocycles. The number of fused-ring (bicyclic) bond motifs is 3. The molecule has 5 rings (SSSR count). The lowest BCUT2D eigenvalue weighted by Gasteiger charge is -2.22. The second kappa shape index (κ2) is 7.80. The molecule has 0 bridgehead atoms. The fourth-order valence-corrected chi connectivity index (χ4v) is 3.97. The summed E-state index contributed by atoms with van der Waals surface area (Å²) in [6.07, 6.45) is 2.52. The molecule has 0 fully saturated rings. The Labute approximate surface area is 179 Å². The van der Waals surface area contributed by atoms with Crippen LogP contribution in [0.15, 0.2) is 66.9 Å². The molecule has 0 spiro atoms. The second-order valence-corrected chi connectivity index (χ2v) is 7.70. The van der Waals surface area contributed by atoms with Crippen molar-refractivity contribution in [3.63, 3.8) is 0 Å². The summed E-state index contributed by atoms with van der Waals surface area (Å²) in [6.45, 7) is 2.69. The van der Waals surface area contributed by atoms with Gasteiger partial charge in [-0.05, 0) is 55.0 Å². The zero-order valence-corrected chi connectivity index (χ0v) is 17.0. The standard InChI is InChI=1S/C23H20ClN5O/c24-21-11-6-16(14-25-21)23(30)26-17-7-9-18(10-8-17)28-12-3-13-29-20-5-2-1-4-19(20)27-22(29)15-28/h1-2,4-11,14H,3,12-13,15H2,(H,26,30). The third-order valence-corrected chi connectivity index (χ3v) is 5.58. The van der Waals surface area contributed by atoms with Crippen LogP contribution in [-0.4, -0.2) is 27.0 Å². The van der Waals surface area contributed by atoms with Gasteiger partial charge in [0.1, 0.15) is 11.0 Å². The average Bonchev–Trinajstić information content (AvgIpc) is 2.97. The topological polar surface area (TPSA) is 63.1 Å².